The monoisotopic (exact) mass is 1390 g/mol. The van der Waals surface area contributed by atoms with Crippen molar-refractivity contribution in [2.75, 3.05) is 0 Å². The van der Waals surface area contributed by atoms with E-state index in [0.717, 1.165) is 0 Å². The number of hydrogen-bond acceptors (Lipinski definition) is 4. The van der Waals surface area contributed by atoms with Gasteiger partial charge in [0.15, 0.2) is 0 Å². The molecule has 0 N–H and O–H groups in total. The molecule has 0 unspecified atom stereocenters. The van der Waals surface area contributed by atoms with Crippen LogP contribution in [0.5, 0.6) is 0 Å². The van der Waals surface area contributed by atoms with Gasteiger partial charge in [-0.2, -0.15) is 79.9 Å². The minimum absolute atomic E-state index is 0. The Balaban J connectivity index is -0.000000741. The Morgan fingerprint density at radius 3 is 0.906 bits per heavy atom. The van der Waals surface area contributed by atoms with E-state index in [1.54, 1.807) is 11.1 Å². The van der Waals surface area contributed by atoms with Crippen molar-refractivity contribution >= 4 is 65.0 Å². The fourth-order valence-corrected chi connectivity index (χ4v) is 12.2. The largest absolute Gasteiger partial charge is 4.00 e. The molecule has 4 rings (SSSR count). The summed E-state index contributed by atoms with van der Waals surface area (Å²) in [6.45, 7) is 55.7. The van der Waals surface area contributed by atoms with E-state index < -0.39 is 44.2 Å². The van der Waals surface area contributed by atoms with Crippen molar-refractivity contribution < 1.29 is 82.0 Å². The Morgan fingerprint density at radius 1 is 0.484 bits per heavy atom. The minimum Gasteiger partial charge on any atom is -0.543 e. The molecule has 0 aliphatic heterocycles. The molecule has 64 heavy (non-hydrogen) atoms. The second kappa shape index (κ2) is 28.8. The first-order valence-corrected chi connectivity index (χ1v) is 36.4. The van der Waals surface area contributed by atoms with E-state index in [1.807, 2.05) is 0 Å². The Bertz CT molecular complexity index is 1850. The number of aliphatic carboxylic acids is 2. The molecule has 0 saturated heterocycles. The van der Waals surface area contributed by atoms with Gasteiger partial charge in [0, 0.05) is 16.1 Å². The van der Waals surface area contributed by atoms with Crippen LogP contribution in [-0.2, 0) is 9.59 Å². The molecule has 0 aromatic heterocycles. The van der Waals surface area contributed by atoms with Gasteiger partial charge < -0.3 is 19.8 Å². The zero-order chi connectivity index (χ0) is 48.9. The first kappa shape index (κ1) is 66.8. The standard InChI is InChI=1S/2C14H24Si2.2C12H19.C2H2O4.2U/c2*1-15(2,3)13-9-7-8-10-14(12-11-13)16(4,5)6;2*1-7(2)12-10(5)8(3)9(4)11(12)6;3-1(4)2(5)6;;/h2*7-12H,1-6H3;2*7H,1-6H3;(H,3,4)(H,5,6);;/q2*-2;2*-1;;2*+4/p-2. The average molecular weight is 1390 g/mol. The summed E-state index contributed by atoms with van der Waals surface area (Å²) in [5.41, 5.74) is 15.1. The van der Waals surface area contributed by atoms with Gasteiger partial charge in [-0.1, -0.05) is 162 Å². The molecular weight excluding hydrogens is 1300 g/mol. The molecule has 10 heteroatoms. The molecule has 0 aliphatic carbocycles. The van der Waals surface area contributed by atoms with Gasteiger partial charge >= 0.3 is 62.2 Å². The van der Waals surface area contributed by atoms with E-state index in [4.69, 9.17) is 19.8 Å². The molecule has 0 atom stereocenters. The van der Waals surface area contributed by atoms with Gasteiger partial charge in [-0.3, -0.25) is 22.5 Å². The van der Waals surface area contributed by atoms with Crippen LogP contribution < -0.4 is 31.0 Å². The van der Waals surface area contributed by atoms with Gasteiger partial charge in [0.25, 0.3) is 0 Å². The maximum Gasteiger partial charge on any atom is 4.00 e. The smallest absolute Gasteiger partial charge is 0.543 e. The summed E-state index contributed by atoms with van der Waals surface area (Å²) >= 11 is 0. The molecule has 0 amide bonds. The molecule has 350 valence electrons. The number of carbonyl (C=O) groups is 2. The van der Waals surface area contributed by atoms with Gasteiger partial charge in [0.05, 0.1) is 11.9 Å². The van der Waals surface area contributed by atoms with E-state index in [0.29, 0.717) is 11.8 Å². The summed E-state index contributed by atoms with van der Waals surface area (Å²) in [5, 5.41) is 24.0. The molecule has 0 heterocycles. The minimum atomic E-state index is -2.19. The summed E-state index contributed by atoms with van der Waals surface area (Å²) in [6.07, 6.45) is 0. The molecule has 0 radical (unpaired) electrons. The third kappa shape index (κ3) is 22.1. The summed E-state index contributed by atoms with van der Waals surface area (Å²) < 4.78 is 0. The van der Waals surface area contributed by atoms with Crippen molar-refractivity contribution in [2.24, 2.45) is 0 Å². The second-order valence-corrected chi connectivity index (χ2v) is 41.9. The molecule has 0 bridgehead atoms. The molecule has 0 spiro atoms. The molecule has 4 nitrogen and oxygen atoms in total. The van der Waals surface area contributed by atoms with E-state index in [1.165, 1.54) is 65.3 Å². The topological polar surface area (TPSA) is 80.3 Å². The van der Waals surface area contributed by atoms with Crippen LogP contribution in [0.15, 0.2) is 72.8 Å². The number of hydrogen-bond donors (Lipinski definition) is 0. The van der Waals surface area contributed by atoms with Crippen LogP contribution in [0, 0.1) is 118 Å². The Labute approximate surface area is 444 Å². The second-order valence-electron chi connectivity index (χ2n) is 21.6. The predicted octanol–water partition coefficient (Wildman–Crippen LogP) is 10.7. The molecule has 4 aromatic carbocycles. The van der Waals surface area contributed by atoms with Crippen molar-refractivity contribution in [2.45, 2.75) is 173 Å². The number of carboxylic acid groups (broad SMARTS) is 2. The molecular formula is C54H86O4Si4U2. The SMILES string of the molecule is C[Si](C)(C)c1cc[cH-]cc([Si](C)(C)C)[cH-]c1.C[Si](C)(C)c1cc[cH-]cc([Si](C)(C)C)[cH-]c1.Cc1c(C)c(C(C)C)[c-](C)c1C.Cc1c(C)c(C(C)C)[c-](C)c1C.O=C([O-])C(=O)[O-].[U+4].[U+4]. The van der Waals surface area contributed by atoms with Crippen molar-refractivity contribution in [3.05, 3.63) is 128 Å². The van der Waals surface area contributed by atoms with Crippen LogP contribution in [0.2, 0.25) is 78.6 Å². The van der Waals surface area contributed by atoms with E-state index >= 15 is 0 Å². The van der Waals surface area contributed by atoms with Gasteiger partial charge in [0.2, 0.25) is 0 Å². The van der Waals surface area contributed by atoms with Gasteiger partial charge in [-0.15, -0.1) is 0 Å². The molecule has 4 aromatic rings. The van der Waals surface area contributed by atoms with Crippen LogP contribution in [0.25, 0.3) is 0 Å². The first-order chi connectivity index (χ1) is 28.0. The summed E-state index contributed by atoms with van der Waals surface area (Å²) in [7, 11) is -4.75. The van der Waals surface area contributed by atoms with Crippen LogP contribution in [0.3, 0.4) is 0 Å². The maximum atomic E-state index is 8.93. The van der Waals surface area contributed by atoms with Crippen LogP contribution in [-0.4, -0.2) is 44.2 Å². The number of rotatable bonds is 6. The first-order valence-electron chi connectivity index (χ1n) is 22.4. The predicted molar refractivity (Wildman–Crippen MR) is 283 cm³/mol. The maximum absolute atomic E-state index is 8.93. The van der Waals surface area contributed by atoms with Crippen LogP contribution in [0.1, 0.15) is 95.2 Å². The van der Waals surface area contributed by atoms with Crippen LogP contribution in [0.4, 0.5) is 0 Å². The molecule has 0 saturated carbocycles. The Morgan fingerprint density at radius 2 is 0.750 bits per heavy atom. The van der Waals surface area contributed by atoms with Crippen molar-refractivity contribution in [1.29, 1.82) is 0 Å². The van der Waals surface area contributed by atoms with Gasteiger partial charge in [-0.05, 0) is 28.0 Å². The van der Waals surface area contributed by atoms with E-state index in [2.05, 4.69) is 234 Å². The van der Waals surface area contributed by atoms with Crippen molar-refractivity contribution in [1.82, 2.24) is 0 Å². The van der Waals surface area contributed by atoms with Gasteiger partial charge in [0.1, 0.15) is 0 Å². The Kier molecular flexibility index (Phi) is 30.0. The molecule has 0 fully saturated rings. The number of carbonyl (C=O) groups excluding carboxylic acids is 2. The van der Waals surface area contributed by atoms with E-state index in [9.17, 15) is 0 Å². The molecule has 0 aliphatic rings. The van der Waals surface area contributed by atoms with E-state index in [-0.39, 0.29) is 62.2 Å². The normalized spacial score (nSPS) is 11.1. The summed E-state index contributed by atoms with van der Waals surface area (Å²) in [5.74, 6) is -3.04. The fraction of sp³-hybridized carbons (Fsp3) is 0.481. The number of carboxylic acids is 2. The fourth-order valence-electron chi connectivity index (χ4n) is 7.45. The van der Waals surface area contributed by atoms with Crippen LogP contribution >= 0.6 is 0 Å². The quantitative estimate of drug-likeness (QED) is 0.109. The van der Waals surface area contributed by atoms with Crippen molar-refractivity contribution in [3.63, 3.8) is 0 Å². The van der Waals surface area contributed by atoms with Gasteiger partial charge in [-0.25, -0.2) is 46.8 Å². The summed E-state index contributed by atoms with van der Waals surface area (Å²) in [6, 6.07) is 27.3. The third-order valence-corrected chi connectivity index (χ3v) is 20.2. The van der Waals surface area contributed by atoms with Crippen molar-refractivity contribution in [3.8, 4) is 0 Å². The summed E-state index contributed by atoms with van der Waals surface area (Å²) in [4.78, 5) is 17.9. The zero-order valence-corrected chi connectivity index (χ0v) is 57.0. The Hall–Kier alpha value is -1.47. The average Bonchev–Trinajstić information content (AvgIpc) is 3.39. The third-order valence-electron chi connectivity index (χ3n) is 12.0. The zero-order valence-electron chi connectivity index (χ0n) is 44.7.